The Morgan fingerprint density at radius 2 is 1.53 bits per heavy atom. The van der Waals surface area contributed by atoms with Crippen molar-refractivity contribution in [3.05, 3.63) is 34.4 Å². The Morgan fingerprint density at radius 1 is 1.00 bits per heavy atom. The molecule has 30 heavy (non-hydrogen) atoms. The van der Waals surface area contributed by atoms with E-state index in [1.807, 2.05) is 20.8 Å². The normalized spacial score (nSPS) is 11.8. The van der Waals surface area contributed by atoms with Crippen molar-refractivity contribution >= 4 is 21.8 Å². The van der Waals surface area contributed by atoms with Crippen molar-refractivity contribution in [3.63, 3.8) is 0 Å². The standard InChI is InChI=1S/C20H33N3O6S/c1-20(2,3)29-19(24)21-15-11-7-5-4-6-8-12-16-22-30(27,28)18-14-10-9-13-17(18)23(25)26/h9-10,13-14,22H,4-8,11-12,15-16H2,1-3H3,(H,21,24). The van der Waals surface area contributed by atoms with E-state index in [0.29, 0.717) is 13.0 Å². The number of hydrogen-bond acceptors (Lipinski definition) is 6. The van der Waals surface area contributed by atoms with E-state index in [1.165, 1.54) is 24.3 Å². The lowest BCUT2D eigenvalue weighted by molar-refractivity contribution is -0.387. The minimum Gasteiger partial charge on any atom is -0.444 e. The van der Waals surface area contributed by atoms with Crippen molar-refractivity contribution in [2.75, 3.05) is 13.1 Å². The number of rotatable bonds is 13. The molecule has 0 saturated heterocycles. The molecule has 0 atom stereocenters. The first-order valence-electron chi connectivity index (χ1n) is 10.2. The third kappa shape index (κ3) is 10.5. The molecule has 10 heteroatoms. The highest BCUT2D eigenvalue weighted by atomic mass is 32.2. The molecule has 1 amide bonds. The van der Waals surface area contributed by atoms with Crippen molar-refractivity contribution in [1.82, 2.24) is 10.0 Å². The Balaban J connectivity index is 2.11. The quantitative estimate of drug-likeness (QED) is 0.268. The second-order valence-corrected chi connectivity index (χ2v) is 9.76. The summed E-state index contributed by atoms with van der Waals surface area (Å²) in [5, 5.41) is 13.7. The van der Waals surface area contributed by atoms with E-state index in [-0.39, 0.29) is 11.4 Å². The van der Waals surface area contributed by atoms with E-state index < -0.39 is 32.3 Å². The summed E-state index contributed by atoms with van der Waals surface area (Å²) in [4.78, 5) is 21.5. The van der Waals surface area contributed by atoms with Gasteiger partial charge in [-0.05, 0) is 39.7 Å². The molecule has 0 aromatic heterocycles. The zero-order valence-electron chi connectivity index (χ0n) is 18.0. The number of nitro groups is 1. The molecule has 0 heterocycles. The third-order valence-electron chi connectivity index (χ3n) is 4.17. The Bertz CT molecular complexity index is 790. The molecule has 0 aliphatic carbocycles. The second-order valence-electron chi connectivity index (χ2n) is 8.03. The fraction of sp³-hybridized carbons (Fsp3) is 0.650. The number of para-hydroxylation sites is 1. The number of unbranched alkanes of at least 4 members (excludes halogenated alkanes) is 6. The maximum Gasteiger partial charge on any atom is 0.407 e. The minimum atomic E-state index is -3.90. The number of benzene rings is 1. The van der Waals surface area contributed by atoms with E-state index in [1.54, 1.807) is 0 Å². The van der Waals surface area contributed by atoms with E-state index in [4.69, 9.17) is 4.74 Å². The van der Waals surface area contributed by atoms with Crippen LogP contribution in [0.15, 0.2) is 29.2 Å². The molecule has 0 unspecified atom stereocenters. The van der Waals surface area contributed by atoms with Crippen molar-refractivity contribution in [2.45, 2.75) is 76.2 Å². The van der Waals surface area contributed by atoms with Crippen LogP contribution in [0.4, 0.5) is 10.5 Å². The fourth-order valence-corrected chi connectivity index (χ4v) is 4.00. The first-order valence-corrected chi connectivity index (χ1v) is 11.7. The number of amides is 1. The van der Waals surface area contributed by atoms with Gasteiger partial charge in [0.2, 0.25) is 10.0 Å². The van der Waals surface area contributed by atoms with Gasteiger partial charge in [-0.15, -0.1) is 0 Å². The lowest BCUT2D eigenvalue weighted by Gasteiger charge is -2.19. The molecule has 0 radical (unpaired) electrons. The molecule has 0 fully saturated rings. The number of sulfonamides is 1. The largest absolute Gasteiger partial charge is 0.444 e. The topological polar surface area (TPSA) is 128 Å². The maximum atomic E-state index is 12.3. The second kappa shape index (κ2) is 12.5. The fourth-order valence-electron chi connectivity index (χ4n) is 2.76. The summed E-state index contributed by atoms with van der Waals surface area (Å²) in [6.45, 7) is 6.30. The summed E-state index contributed by atoms with van der Waals surface area (Å²) in [6, 6.07) is 5.31. The monoisotopic (exact) mass is 443 g/mol. The predicted molar refractivity (Wildman–Crippen MR) is 115 cm³/mol. The predicted octanol–water partition coefficient (Wildman–Crippen LogP) is 4.13. The summed E-state index contributed by atoms with van der Waals surface area (Å²) in [5.41, 5.74) is -0.917. The smallest absolute Gasteiger partial charge is 0.407 e. The zero-order valence-corrected chi connectivity index (χ0v) is 18.8. The molecule has 1 aromatic rings. The molecular weight excluding hydrogens is 410 g/mol. The van der Waals surface area contributed by atoms with E-state index in [0.717, 1.165) is 38.5 Å². The summed E-state index contributed by atoms with van der Waals surface area (Å²) in [7, 11) is -3.90. The van der Waals surface area contributed by atoms with E-state index >= 15 is 0 Å². The Hall–Kier alpha value is -2.20. The van der Waals surface area contributed by atoms with Gasteiger partial charge in [0.15, 0.2) is 4.90 Å². The van der Waals surface area contributed by atoms with Gasteiger partial charge in [0.05, 0.1) is 4.92 Å². The van der Waals surface area contributed by atoms with Crippen LogP contribution in [-0.4, -0.2) is 38.1 Å². The first kappa shape index (κ1) is 25.8. The van der Waals surface area contributed by atoms with Crippen LogP contribution in [0.5, 0.6) is 0 Å². The van der Waals surface area contributed by atoms with Gasteiger partial charge in [-0.2, -0.15) is 0 Å². The molecule has 0 aliphatic rings. The number of nitrogens with one attached hydrogen (secondary N) is 2. The molecule has 0 spiro atoms. The highest BCUT2D eigenvalue weighted by Gasteiger charge is 2.24. The molecule has 9 nitrogen and oxygen atoms in total. The van der Waals surface area contributed by atoms with Gasteiger partial charge in [0.1, 0.15) is 5.60 Å². The zero-order chi connectivity index (χ0) is 22.6. The Kier molecular flexibility index (Phi) is 10.8. The number of nitrogens with zero attached hydrogens (tertiary/aromatic N) is 1. The van der Waals surface area contributed by atoms with Crippen LogP contribution >= 0.6 is 0 Å². The van der Waals surface area contributed by atoms with Crippen LogP contribution < -0.4 is 10.0 Å². The number of nitro benzene ring substituents is 1. The van der Waals surface area contributed by atoms with Gasteiger partial charge in [0, 0.05) is 19.2 Å². The lowest BCUT2D eigenvalue weighted by Crippen LogP contribution is -2.32. The Morgan fingerprint density at radius 3 is 2.10 bits per heavy atom. The van der Waals surface area contributed by atoms with Gasteiger partial charge in [-0.3, -0.25) is 10.1 Å². The lowest BCUT2D eigenvalue weighted by atomic mass is 10.1. The number of carbonyl (C=O) groups is 1. The van der Waals surface area contributed by atoms with Crippen LogP contribution in [0, 0.1) is 10.1 Å². The summed E-state index contributed by atoms with van der Waals surface area (Å²) in [6.07, 6.45) is 6.07. The molecule has 1 aromatic carbocycles. The van der Waals surface area contributed by atoms with Crippen LogP contribution in [0.25, 0.3) is 0 Å². The summed E-state index contributed by atoms with van der Waals surface area (Å²) >= 11 is 0. The van der Waals surface area contributed by atoms with Crippen LogP contribution in [-0.2, 0) is 14.8 Å². The first-order chi connectivity index (χ1) is 14.0. The highest BCUT2D eigenvalue weighted by Crippen LogP contribution is 2.22. The molecule has 0 saturated carbocycles. The molecule has 0 bridgehead atoms. The van der Waals surface area contributed by atoms with Gasteiger partial charge in [0.25, 0.3) is 5.69 Å². The van der Waals surface area contributed by atoms with Crippen molar-refractivity contribution < 1.29 is 22.9 Å². The number of alkyl carbamates (subject to hydrolysis) is 1. The van der Waals surface area contributed by atoms with Crippen LogP contribution in [0.1, 0.15) is 65.7 Å². The van der Waals surface area contributed by atoms with Crippen LogP contribution in [0.3, 0.4) is 0 Å². The van der Waals surface area contributed by atoms with Gasteiger partial charge >= 0.3 is 6.09 Å². The maximum absolute atomic E-state index is 12.3. The Labute approximate surface area is 178 Å². The number of carbonyl (C=O) groups excluding carboxylic acids is 1. The molecule has 2 N–H and O–H groups in total. The van der Waals surface area contributed by atoms with Gasteiger partial charge in [-0.25, -0.2) is 17.9 Å². The minimum absolute atomic E-state index is 0.244. The molecule has 0 aliphatic heterocycles. The number of hydrogen-bond donors (Lipinski definition) is 2. The number of ether oxygens (including phenoxy) is 1. The van der Waals surface area contributed by atoms with Crippen molar-refractivity contribution in [2.24, 2.45) is 0 Å². The molecule has 1 rings (SSSR count). The average Bonchev–Trinajstić information content (AvgIpc) is 2.64. The SMILES string of the molecule is CC(C)(C)OC(=O)NCCCCCCCCCNS(=O)(=O)c1ccccc1[N+](=O)[O-]. The van der Waals surface area contributed by atoms with Crippen LogP contribution in [0.2, 0.25) is 0 Å². The summed E-state index contributed by atoms with van der Waals surface area (Å²) < 4.78 is 32.1. The van der Waals surface area contributed by atoms with E-state index in [2.05, 4.69) is 10.0 Å². The van der Waals surface area contributed by atoms with Crippen molar-refractivity contribution in [3.8, 4) is 0 Å². The third-order valence-corrected chi connectivity index (χ3v) is 5.67. The van der Waals surface area contributed by atoms with Crippen molar-refractivity contribution in [1.29, 1.82) is 0 Å². The molecule has 170 valence electrons. The highest BCUT2D eigenvalue weighted by molar-refractivity contribution is 7.89. The van der Waals surface area contributed by atoms with Gasteiger partial charge < -0.3 is 10.1 Å². The average molecular weight is 444 g/mol. The van der Waals surface area contributed by atoms with Gasteiger partial charge in [-0.1, -0.05) is 44.2 Å². The summed E-state index contributed by atoms with van der Waals surface area (Å²) in [5.74, 6) is 0. The molecular formula is C20H33N3O6S. The van der Waals surface area contributed by atoms with E-state index in [9.17, 15) is 23.3 Å².